The fraction of sp³-hybridized carbons (Fsp3) is 0.290. The molecule has 0 aromatic heterocycles. The van der Waals surface area contributed by atoms with Gasteiger partial charge in [0, 0.05) is 12.2 Å². The van der Waals surface area contributed by atoms with Gasteiger partial charge in [-0.25, -0.2) is 4.79 Å². The van der Waals surface area contributed by atoms with Crippen LogP contribution in [0.3, 0.4) is 0 Å². The number of rotatable bonds is 12. The van der Waals surface area contributed by atoms with Crippen LogP contribution in [0.15, 0.2) is 66.7 Å². The Morgan fingerprint density at radius 3 is 2.21 bits per heavy atom. The molecule has 0 radical (unpaired) electrons. The van der Waals surface area contributed by atoms with E-state index < -0.39 is 12.0 Å². The molecule has 0 bridgehead atoms. The van der Waals surface area contributed by atoms with Gasteiger partial charge in [-0.15, -0.1) is 0 Å². The summed E-state index contributed by atoms with van der Waals surface area (Å²) in [5, 5.41) is 3.12. The number of anilines is 2. The smallest absolute Gasteiger partial charge is 0.338 e. The highest BCUT2D eigenvalue weighted by molar-refractivity contribution is 7.80. The first kappa shape index (κ1) is 30.3. The lowest BCUT2D eigenvalue weighted by Gasteiger charge is -2.24. The molecule has 4 rings (SSSR count). The van der Waals surface area contributed by atoms with Crippen LogP contribution >= 0.6 is 12.2 Å². The van der Waals surface area contributed by atoms with Crippen LogP contribution in [0.4, 0.5) is 11.4 Å². The summed E-state index contributed by atoms with van der Waals surface area (Å²) < 4.78 is 21.0. The predicted molar refractivity (Wildman–Crippen MR) is 162 cm³/mol. The number of hydrogen-bond donors (Lipinski definition) is 1. The standard InChI is InChI=1S/C31H33N3O7S/c1-5-41-30(37)21-7-9-22(10-8-21)32-28(35)19-25-29(36)34(23-11-13-24(38-2)14-12-23)31(42)33(25)17-16-20-6-15-26(39-3)27(18-20)40-4/h6-15,18,25H,5,16-17,19H2,1-4H3,(H,32,35). The molecule has 3 aromatic rings. The first-order valence-electron chi connectivity index (χ1n) is 13.4. The number of amides is 2. The van der Waals surface area contributed by atoms with Gasteiger partial charge in [0.1, 0.15) is 11.8 Å². The Bertz CT molecular complexity index is 1440. The molecule has 0 saturated carbocycles. The van der Waals surface area contributed by atoms with Crippen molar-refractivity contribution in [1.29, 1.82) is 0 Å². The van der Waals surface area contributed by atoms with Crippen molar-refractivity contribution in [2.45, 2.75) is 25.8 Å². The minimum absolute atomic E-state index is 0.128. The van der Waals surface area contributed by atoms with Gasteiger partial charge in [-0.2, -0.15) is 0 Å². The van der Waals surface area contributed by atoms with Crippen molar-refractivity contribution in [3.05, 3.63) is 77.9 Å². The molecular weight excluding hydrogens is 558 g/mol. The average Bonchev–Trinajstić information content (AvgIpc) is 3.23. The zero-order valence-electron chi connectivity index (χ0n) is 23.9. The van der Waals surface area contributed by atoms with Gasteiger partial charge in [-0.05, 0) is 91.8 Å². The quantitative estimate of drug-likeness (QED) is 0.241. The molecule has 1 aliphatic rings. The Labute approximate surface area is 250 Å². The number of hydrogen-bond acceptors (Lipinski definition) is 8. The summed E-state index contributed by atoms with van der Waals surface area (Å²) in [6.45, 7) is 2.39. The van der Waals surface area contributed by atoms with E-state index in [1.54, 1.807) is 81.7 Å². The number of ether oxygens (including phenoxy) is 4. The normalized spacial score (nSPS) is 14.5. The lowest BCUT2D eigenvalue weighted by Crippen LogP contribution is -2.39. The molecule has 2 amide bonds. The molecule has 1 atom stereocenters. The zero-order valence-corrected chi connectivity index (χ0v) is 24.7. The predicted octanol–water partition coefficient (Wildman–Crippen LogP) is 4.46. The summed E-state index contributed by atoms with van der Waals surface area (Å²) in [6, 6.07) is 18.2. The fourth-order valence-electron chi connectivity index (χ4n) is 4.63. The molecule has 11 heteroatoms. The van der Waals surface area contributed by atoms with Crippen LogP contribution in [0, 0.1) is 0 Å². The van der Waals surface area contributed by atoms with Crippen molar-refractivity contribution in [3.63, 3.8) is 0 Å². The molecule has 1 fully saturated rings. The lowest BCUT2D eigenvalue weighted by molar-refractivity contribution is -0.124. The van der Waals surface area contributed by atoms with Crippen LogP contribution in [-0.4, -0.2) is 68.3 Å². The maximum Gasteiger partial charge on any atom is 0.338 e. The van der Waals surface area contributed by atoms with E-state index in [1.807, 2.05) is 18.2 Å². The van der Waals surface area contributed by atoms with Crippen LogP contribution < -0.4 is 24.4 Å². The topological polar surface area (TPSA) is 107 Å². The van der Waals surface area contributed by atoms with E-state index in [4.69, 9.17) is 31.2 Å². The molecule has 220 valence electrons. The van der Waals surface area contributed by atoms with Crippen molar-refractivity contribution in [2.24, 2.45) is 0 Å². The first-order chi connectivity index (χ1) is 20.3. The van der Waals surface area contributed by atoms with E-state index in [9.17, 15) is 14.4 Å². The largest absolute Gasteiger partial charge is 0.497 e. The van der Waals surface area contributed by atoms with Gasteiger partial charge < -0.3 is 29.2 Å². The van der Waals surface area contributed by atoms with Gasteiger partial charge in [0.05, 0.1) is 45.6 Å². The number of methoxy groups -OCH3 is 3. The molecule has 1 heterocycles. The minimum atomic E-state index is -0.821. The molecule has 1 aliphatic heterocycles. The average molecular weight is 592 g/mol. The number of nitrogens with zero attached hydrogens (tertiary/aromatic N) is 2. The number of carbonyl (C=O) groups excluding carboxylic acids is 3. The molecular formula is C31H33N3O7S. The zero-order chi connectivity index (χ0) is 30.2. The Balaban J connectivity index is 1.53. The summed E-state index contributed by atoms with van der Waals surface area (Å²) >= 11 is 5.79. The van der Waals surface area contributed by atoms with E-state index in [0.717, 1.165) is 5.56 Å². The molecule has 0 aliphatic carbocycles. The molecule has 1 saturated heterocycles. The highest BCUT2D eigenvalue weighted by Gasteiger charge is 2.44. The van der Waals surface area contributed by atoms with E-state index >= 15 is 0 Å². The second kappa shape index (κ2) is 13.8. The SMILES string of the molecule is CCOC(=O)c1ccc(NC(=O)CC2C(=O)N(c3ccc(OC)cc3)C(=S)N2CCc2ccc(OC)c(OC)c2)cc1. The van der Waals surface area contributed by atoms with Crippen molar-refractivity contribution < 1.29 is 33.3 Å². The highest BCUT2D eigenvalue weighted by atomic mass is 32.1. The van der Waals surface area contributed by atoms with Crippen LogP contribution in [0.25, 0.3) is 0 Å². The van der Waals surface area contributed by atoms with Gasteiger partial charge in [0.15, 0.2) is 16.6 Å². The molecule has 0 spiro atoms. The van der Waals surface area contributed by atoms with Crippen LogP contribution in [0.1, 0.15) is 29.3 Å². The van der Waals surface area contributed by atoms with Crippen molar-refractivity contribution in [2.75, 3.05) is 44.7 Å². The Morgan fingerprint density at radius 2 is 1.60 bits per heavy atom. The van der Waals surface area contributed by atoms with Gasteiger partial charge >= 0.3 is 5.97 Å². The summed E-state index contributed by atoms with van der Waals surface area (Å²) in [4.78, 5) is 42.1. The van der Waals surface area contributed by atoms with Gasteiger partial charge in [-0.1, -0.05) is 6.07 Å². The van der Waals surface area contributed by atoms with Crippen molar-refractivity contribution in [1.82, 2.24) is 4.90 Å². The van der Waals surface area contributed by atoms with Crippen LogP contribution in [0.5, 0.6) is 17.2 Å². The lowest BCUT2D eigenvalue weighted by atomic mass is 10.1. The summed E-state index contributed by atoms with van der Waals surface area (Å²) in [7, 11) is 4.71. The van der Waals surface area contributed by atoms with E-state index in [0.29, 0.717) is 52.3 Å². The fourth-order valence-corrected chi connectivity index (χ4v) is 5.05. The summed E-state index contributed by atoms with van der Waals surface area (Å²) in [5.74, 6) is 0.747. The van der Waals surface area contributed by atoms with Crippen LogP contribution in [-0.2, 0) is 20.7 Å². The first-order valence-corrected chi connectivity index (χ1v) is 13.8. The number of nitrogens with one attached hydrogen (secondary N) is 1. The van der Waals surface area contributed by atoms with E-state index in [-0.39, 0.29) is 24.8 Å². The maximum atomic E-state index is 13.7. The number of carbonyl (C=O) groups is 3. The molecule has 1 unspecified atom stereocenters. The number of benzene rings is 3. The third kappa shape index (κ3) is 6.80. The minimum Gasteiger partial charge on any atom is -0.497 e. The number of esters is 1. The van der Waals surface area contributed by atoms with E-state index in [1.165, 1.54) is 4.90 Å². The molecule has 1 N–H and O–H groups in total. The second-order valence-corrected chi connectivity index (χ2v) is 9.72. The monoisotopic (exact) mass is 591 g/mol. The summed E-state index contributed by atoms with van der Waals surface area (Å²) in [5.41, 5.74) is 2.41. The third-order valence-electron chi connectivity index (χ3n) is 6.80. The Kier molecular flexibility index (Phi) is 9.98. The van der Waals surface area contributed by atoms with Crippen molar-refractivity contribution >= 4 is 46.5 Å². The number of thiocarbonyl (C=S) groups is 1. The third-order valence-corrected chi connectivity index (χ3v) is 7.21. The Hall–Kier alpha value is -4.64. The highest BCUT2D eigenvalue weighted by Crippen LogP contribution is 2.31. The van der Waals surface area contributed by atoms with Crippen LogP contribution in [0.2, 0.25) is 0 Å². The second-order valence-electron chi connectivity index (χ2n) is 9.35. The van der Waals surface area contributed by atoms with Gasteiger partial charge in [0.25, 0.3) is 5.91 Å². The summed E-state index contributed by atoms with van der Waals surface area (Å²) in [6.07, 6.45) is 0.412. The molecule has 42 heavy (non-hydrogen) atoms. The maximum absolute atomic E-state index is 13.7. The van der Waals surface area contributed by atoms with Crippen molar-refractivity contribution in [3.8, 4) is 17.2 Å². The van der Waals surface area contributed by atoms with E-state index in [2.05, 4.69) is 5.32 Å². The Morgan fingerprint density at radius 1 is 0.905 bits per heavy atom. The van der Waals surface area contributed by atoms with Gasteiger partial charge in [-0.3, -0.25) is 14.5 Å². The molecule has 3 aromatic carbocycles. The molecule has 10 nitrogen and oxygen atoms in total. The van der Waals surface area contributed by atoms with Gasteiger partial charge in [0.2, 0.25) is 5.91 Å².